The SMILES string of the molecule is CCC(C)(C)OC(=S)[S-].[Na+]. The molecule has 0 N–H and O–H groups in total. The molecule has 0 rings (SSSR count). The maximum absolute atomic E-state index is 5.13. The smallest absolute Gasteiger partial charge is 0.508 e. The molecule has 0 saturated carbocycles. The van der Waals surface area contributed by atoms with E-state index < -0.39 is 0 Å². The van der Waals surface area contributed by atoms with Gasteiger partial charge in [0.15, 0.2) is 0 Å². The fraction of sp³-hybridized carbons (Fsp3) is 0.833. The predicted octanol–water partition coefficient (Wildman–Crippen LogP) is -0.973. The predicted molar refractivity (Wildman–Crippen MR) is 45.4 cm³/mol. The summed E-state index contributed by atoms with van der Waals surface area (Å²) in [6.45, 7) is 5.96. The third-order valence-electron chi connectivity index (χ3n) is 1.21. The van der Waals surface area contributed by atoms with Crippen LogP contribution in [0.5, 0.6) is 0 Å². The normalized spacial score (nSPS) is 9.90. The van der Waals surface area contributed by atoms with Crippen LogP contribution in [-0.4, -0.2) is 9.98 Å². The number of hydrogen-bond acceptors (Lipinski definition) is 3. The van der Waals surface area contributed by atoms with Gasteiger partial charge in [-0.1, -0.05) is 6.92 Å². The Morgan fingerprint density at radius 2 is 2.00 bits per heavy atom. The van der Waals surface area contributed by atoms with Crippen LogP contribution in [-0.2, 0) is 17.4 Å². The number of hydrogen-bond donors (Lipinski definition) is 0. The van der Waals surface area contributed by atoms with E-state index in [4.69, 9.17) is 4.74 Å². The molecular weight excluding hydrogens is 175 g/mol. The van der Waals surface area contributed by atoms with E-state index in [0.29, 0.717) is 0 Å². The molecule has 10 heavy (non-hydrogen) atoms. The molecule has 0 fully saturated rings. The van der Waals surface area contributed by atoms with Crippen LogP contribution in [0.15, 0.2) is 0 Å². The molecule has 0 spiro atoms. The topological polar surface area (TPSA) is 9.23 Å². The summed E-state index contributed by atoms with van der Waals surface area (Å²) in [7, 11) is 0. The molecule has 0 aromatic rings. The molecule has 0 heterocycles. The van der Waals surface area contributed by atoms with Crippen LogP contribution in [0.1, 0.15) is 27.2 Å². The molecule has 0 aliphatic carbocycles. The molecule has 0 atom stereocenters. The molecular formula is C6H11NaOS2. The van der Waals surface area contributed by atoms with Crippen molar-refractivity contribution in [1.82, 2.24) is 0 Å². The Morgan fingerprint density at radius 1 is 1.60 bits per heavy atom. The van der Waals surface area contributed by atoms with Gasteiger partial charge in [0.2, 0.25) is 0 Å². The second-order valence-electron chi connectivity index (χ2n) is 2.47. The summed E-state index contributed by atoms with van der Waals surface area (Å²) in [6, 6.07) is 0. The molecule has 0 aromatic carbocycles. The van der Waals surface area contributed by atoms with Gasteiger partial charge < -0.3 is 29.6 Å². The third-order valence-corrected chi connectivity index (χ3v) is 1.38. The van der Waals surface area contributed by atoms with E-state index in [1.165, 1.54) is 0 Å². The fourth-order valence-corrected chi connectivity index (χ4v) is 0.749. The molecule has 0 aliphatic rings. The molecule has 0 amide bonds. The first kappa shape index (κ1) is 13.7. The maximum atomic E-state index is 5.13. The Morgan fingerprint density at radius 3 is 2.10 bits per heavy atom. The summed E-state index contributed by atoms with van der Waals surface area (Å²) in [4.78, 5) is 0. The van der Waals surface area contributed by atoms with Crippen LogP contribution in [0.25, 0.3) is 0 Å². The summed E-state index contributed by atoms with van der Waals surface area (Å²) in [6.07, 6.45) is 0.920. The third kappa shape index (κ3) is 7.22. The zero-order chi connectivity index (χ0) is 7.49. The van der Waals surface area contributed by atoms with Gasteiger partial charge in [-0.05, 0) is 20.3 Å². The van der Waals surface area contributed by atoms with E-state index in [0.717, 1.165) is 6.42 Å². The van der Waals surface area contributed by atoms with Crippen molar-refractivity contribution in [1.29, 1.82) is 0 Å². The van der Waals surface area contributed by atoms with Gasteiger partial charge in [-0.15, -0.1) is 0 Å². The van der Waals surface area contributed by atoms with Crippen molar-refractivity contribution in [2.45, 2.75) is 32.8 Å². The molecule has 0 radical (unpaired) electrons. The van der Waals surface area contributed by atoms with Gasteiger partial charge in [-0.2, -0.15) is 0 Å². The van der Waals surface area contributed by atoms with E-state index >= 15 is 0 Å². The fourth-order valence-electron chi connectivity index (χ4n) is 0.298. The molecule has 4 heteroatoms. The van der Waals surface area contributed by atoms with Gasteiger partial charge in [0, 0.05) is 4.38 Å². The second-order valence-corrected chi connectivity index (χ2v) is 3.47. The van der Waals surface area contributed by atoms with Gasteiger partial charge in [0.1, 0.15) is 5.60 Å². The average Bonchev–Trinajstić information content (AvgIpc) is 1.63. The first-order chi connectivity index (χ1) is 3.98. The number of rotatable bonds is 2. The summed E-state index contributed by atoms with van der Waals surface area (Å²) in [5.41, 5.74) is -0.182. The van der Waals surface area contributed by atoms with Crippen molar-refractivity contribution in [3.05, 3.63) is 0 Å². The quantitative estimate of drug-likeness (QED) is 0.312. The summed E-state index contributed by atoms with van der Waals surface area (Å²) in [5.74, 6) is 0. The summed E-state index contributed by atoms with van der Waals surface area (Å²) >= 11 is 9.21. The minimum absolute atomic E-state index is 0. The van der Waals surface area contributed by atoms with Crippen molar-refractivity contribution in [2.24, 2.45) is 0 Å². The Balaban J connectivity index is 0. The van der Waals surface area contributed by atoms with Crippen LogP contribution in [0.3, 0.4) is 0 Å². The van der Waals surface area contributed by atoms with Crippen molar-refractivity contribution in [3.63, 3.8) is 0 Å². The average molecular weight is 186 g/mol. The summed E-state index contributed by atoms with van der Waals surface area (Å²) < 4.78 is 5.34. The Bertz CT molecular complexity index is 114. The molecule has 0 unspecified atom stereocenters. The van der Waals surface area contributed by atoms with Crippen molar-refractivity contribution >= 4 is 29.2 Å². The monoisotopic (exact) mass is 186 g/mol. The van der Waals surface area contributed by atoms with E-state index in [1.807, 2.05) is 20.8 Å². The van der Waals surface area contributed by atoms with E-state index in [2.05, 4.69) is 24.8 Å². The number of thiocarbonyl (C=S) groups is 1. The van der Waals surface area contributed by atoms with Crippen LogP contribution >= 0.6 is 12.2 Å². The van der Waals surface area contributed by atoms with E-state index in [1.54, 1.807) is 0 Å². The van der Waals surface area contributed by atoms with Gasteiger partial charge >= 0.3 is 29.6 Å². The Labute approximate surface area is 95.6 Å². The maximum Gasteiger partial charge on any atom is 1.00 e. The standard InChI is InChI=1S/C6H12OS2.Na/c1-4-6(2,3)7-5(8)9;/h4H2,1-3H3,(H,8,9);/q;+1/p-1. The van der Waals surface area contributed by atoms with Crippen LogP contribution in [0, 0.1) is 0 Å². The van der Waals surface area contributed by atoms with Crippen LogP contribution in [0.2, 0.25) is 0 Å². The first-order valence-electron chi connectivity index (χ1n) is 2.88. The molecule has 0 bridgehead atoms. The zero-order valence-corrected chi connectivity index (χ0v) is 10.6. The van der Waals surface area contributed by atoms with Crippen LogP contribution in [0.4, 0.5) is 0 Å². The first-order valence-corrected chi connectivity index (χ1v) is 3.69. The Hall–Kier alpha value is 1.11. The molecule has 0 saturated heterocycles. The number of ether oxygens (including phenoxy) is 1. The van der Waals surface area contributed by atoms with Gasteiger partial charge in [0.05, 0.1) is 0 Å². The van der Waals surface area contributed by atoms with Gasteiger partial charge in [-0.3, -0.25) is 0 Å². The second kappa shape index (κ2) is 5.72. The van der Waals surface area contributed by atoms with E-state index in [-0.39, 0.29) is 39.5 Å². The largest absolute Gasteiger partial charge is 1.00 e. The van der Waals surface area contributed by atoms with Crippen molar-refractivity contribution < 1.29 is 34.3 Å². The van der Waals surface area contributed by atoms with E-state index in [9.17, 15) is 0 Å². The minimum atomic E-state index is -0.182. The minimum Gasteiger partial charge on any atom is -0.508 e. The van der Waals surface area contributed by atoms with Crippen molar-refractivity contribution in [3.8, 4) is 0 Å². The van der Waals surface area contributed by atoms with Gasteiger partial charge in [-0.25, -0.2) is 0 Å². The zero-order valence-electron chi connectivity index (χ0n) is 6.93. The van der Waals surface area contributed by atoms with Crippen molar-refractivity contribution in [2.75, 3.05) is 0 Å². The molecule has 0 aliphatic heterocycles. The summed E-state index contributed by atoms with van der Waals surface area (Å²) in [5, 5.41) is 0. The van der Waals surface area contributed by atoms with Gasteiger partial charge in [0.25, 0.3) is 0 Å². The molecule has 1 nitrogen and oxygen atoms in total. The molecule has 54 valence electrons. The molecule has 0 aromatic heterocycles. The van der Waals surface area contributed by atoms with Crippen LogP contribution < -0.4 is 29.6 Å². The Kier molecular flexibility index (Phi) is 7.83.